The predicted octanol–water partition coefficient (Wildman–Crippen LogP) is 3.53. The van der Waals surface area contributed by atoms with Gasteiger partial charge in [0.1, 0.15) is 16.8 Å². The van der Waals surface area contributed by atoms with E-state index in [0.29, 0.717) is 25.1 Å². The van der Waals surface area contributed by atoms with Gasteiger partial charge in [0.25, 0.3) is 0 Å². The van der Waals surface area contributed by atoms with Crippen molar-refractivity contribution in [1.29, 1.82) is 0 Å². The molecule has 2 rings (SSSR count). The molecule has 1 aromatic carbocycles. The van der Waals surface area contributed by atoms with Gasteiger partial charge < -0.3 is 14.4 Å². The molecule has 0 aromatic heterocycles. The Morgan fingerprint density at radius 2 is 1.88 bits per heavy atom. The molecule has 1 saturated heterocycles. The Morgan fingerprint density at radius 3 is 2.32 bits per heavy atom. The summed E-state index contributed by atoms with van der Waals surface area (Å²) >= 11 is 5.08. The smallest absolute Gasteiger partial charge is 0.467 e. The van der Waals surface area contributed by atoms with Crippen molar-refractivity contribution in [3.63, 3.8) is 0 Å². The molecule has 0 N–H and O–H groups in total. The molecule has 25 heavy (non-hydrogen) atoms. The number of likely N-dealkylation sites (tertiary alicyclic amines) is 1. The minimum Gasteiger partial charge on any atom is -0.467 e. The molecule has 4 nitrogen and oxygen atoms in total. The lowest BCUT2D eigenvalue weighted by Crippen LogP contribution is -2.55. The van der Waals surface area contributed by atoms with Crippen LogP contribution >= 0.6 is 12.2 Å². The fourth-order valence-corrected chi connectivity index (χ4v) is 2.62. The molecule has 1 heterocycles. The first-order chi connectivity index (χ1) is 11.4. The number of benzene rings is 1. The van der Waals surface area contributed by atoms with Gasteiger partial charge >= 0.3 is 18.5 Å². The number of hydrogen-bond acceptors (Lipinski definition) is 4. The topological polar surface area (TPSA) is 38.8 Å². The number of carbonyl (C=O) groups excluding carboxylic acids is 1. The molecule has 1 fully saturated rings. The van der Waals surface area contributed by atoms with Gasteiger partial charge in [0.05, 0.1) is 12.7 Å². The molecule has 1 atom stereocenters. The van der Waals surface area contributed by atoms with Crippen LogP contribution in [0.3, 0.4) is 0 Å². The van der Waals surface area contributed by atoms with Crippen LogP contribution in [0.25, 0.3) is 0 Å². The monoisotopic (exact) mass is 387 g/mol. The first-order valence-corrected chi connectivity index (χ1v) is 7.20. The third kappa shape index (κ3) is 4.33. The van der Waals surface area contributed by atoms with Crippen LogP contribution in [0.15, 0.2) is 18.2 Å². The summed E-state index contributed by atoms with van der Waals surface area (Å²) in [5.41, 5.74) is -1.68. The van der Waals surface area contributed by atoms with Crippen LogP contribution in [0.4, 0.5) is 26.3 Å². The van der Waals surface area contributed by atoms with Crippen LogP contribution in [0, 0.1) is 0 Å². The van der Waals surface area contributed by atoms with Crippen molar-refractivity contribution < 1.29 is 40.6 Å². The fraction of sp³-hybridized carbons (Fsp3) is 0.429. The Bertz CT molecular complexity index is 688. The van der Waals surface area contributed by atoms with E-state index in [2.05, 4.69) is 9.47 Å². The van der Waals surface area contributed by atoms with Gasteiger partial charge in [-0.15, -0.1) is 13.2 Å². The SMILES string of the molecule is COC(=O)C1CCN1C(=S)c1ccc(C(F)(F)F)c(OC(F)(F)F)c1. The van der Waals surface area contributed by atoms with E-state index in [-0.39, 0.29) is 10.6 Å². The highest BCUT2D eigenvalue weighted by molar-refractivity contribution is 7.80. The number of thiocarbonyl (C=S) groups is 1. The average Bonchev–Trinajstić information content (AvgIpc) is 2.42. The van der Waals surface area contributed by atoms with Gasteiger partial charge in [-0.2, -0.15) is 13.2 Å². The molecule has 138 valence electrons. The van der Waals surface area contributed by atoms with Gasteiger partial charge in [-0.05, 0) is 18.6 Å². The van der Waals surface area contributed by atoms with Crippen LogP contribution in [-0.2, 0) is 15.7 Å². The summed E-state index contributed by atoms with van der Waals surface area (Å²) < 4.78 is 83.8. The predicted molar refractivity (Wildman–Crippen MR) is 77.0 cm³/mol. The van der Waals surface area contributed by atoms with Crippen molar-refractivity contribution in [2.75, 3.05) is 13.7 Å². The molecule has 1 aliphatic rings. The first-order valence-electron chi connectivity index (χ1n) is 6.80. The number of halogens is 6. The van der Waals surface area contributed by atoms with Crippen LogP contribution in [-0.4, -0.2) is 41.9 Å². The number of alkyl halides is 6. The average molecular weight is 387 g/mol. The second-order valence-electron chi connectivity index (χ2n) is 5.08. The van der Waals surface area contributed by atoms with E-state index in [1.54, 1.807) is 0 Å². The number of ether oxygens (including phenoxy) is 2. The molecule has 11 heteroatoms. The van der Waals surface area contributed by atoms with Crippen molar-refractivity contribution in [2.45, 2.75) is 25.0 Å². The number of esters is 1. The van der Waals surface area contributed by atoms with Crippen molar-refractivity contribution in [3.05, 3.63) is 29.3 Å². The van der Waals surface area contributed by atoms with Gasteiger partial charge in [0.15, 0.2) is 0 Å². The standard InChI is InChI=1S/C14H11F6NO3S/c1-23-12(22)9-4-5-21(9)11(25)7-2-3-8(13(15,16)17)10(6-7)24-14(18,19)20/h2-3,6,9H,4-5H2,1H3. The number of hydrogen-bond donors (Lipinski definition) is 0. The number of carbonyl (C=O) groups is 1. The van der Waals surface area contributed by atoms with Gasteiger partial charge in [0.2, 0.25) is 0 Å². The molecule has 0 spiro atoms. The highest BCUT2D eigenvalue weighted by Gasteiger charge is 2.41. The molecule has 1 unspecified atom stereocenters. The minimum atomic E-state index is -5.30. The summed E-state index contributed by atoms with van der Waals surface area (Å²) in [6.07, 6.45) is -9.92. The largest absolute Gasteiger partial charge is 0.573 e. The second kappa shape index (κ2) is 6.70. The molecule has 1 aliphatic heterocycles. The van der Waals surface area contributed by atoms with Crippen LogP contribution in [0.1, 0.15) is 17.5 Å². The summed E-state index contributed by atoms with van der Waals surface area (Å²) in [5.74, 6) is -2.00. The van der Waals surface area contributed by atoms with Crippen LogP contribution < -0.4 is 4.74 Å². The maximum atomic E-state index is 12.9. The van der Waals surface area contributed by atoms with Crippen LogP contribution in [0.2, 0.25) is 0 Å². The van der Waals surface area contributed by atoms with Gasteiger partial charge in [-0.25, -0.2) is 4.79 Å². The third-order valence-corrected chi connectivity index (χ3v) is 3.98. The summed E-state index contributed by atoms with van der Waals surface area (Å²) in [6, 6.07) is 1.23. The summed E-state index contributed by atoms with van der Waals surface area (Å²) in [5, 5.41) is 0. The normalized spacial score (nSPS) is 17.7. The Hall–Kier alpha value is -2.04. The molecular weight excluding hydrogens is 376 g/mol. The van der Waals surface area contributed by atoms with E-state index in [9.17, 15) is 31.1 Å². The van der Waals surface area contributed by atoms with Crippen LogP contribution in [0.5, 0.6) is 5.75 Å². The zero-order valence-corrected chi connectivity index (χ0v) is 13.4. The number of nitrogens with zero attached hydrogens (tertiary/aromatic N) is 1. The lowest BCUT2D eigenvalue weighted by atomic mass is 10.0. The molecule has 0 saturated carbocycles. The van der Waals surface area contributed by atoms with E-state index in [4.69, 9.17) is 12.2 Å². The minimum absolute atomic E-state index is 0.0672. The van der Waals surface area contributed by atoms with Gasteiger partial charge in [-0.3, -0.25) is 0 Å². The zero-order chi connectivity index (χ0) is 19.0. The molecule has 1 aromatic rings. The van der Waals surface area contributed by atoms with Gasteiger partial charge in [0, 0.05) is 12.1 Å². The third-order valence-electron chi connectivity index (χ3n) is 3.51. The Morgan fingerprint density at radius 1 is 1.24 bits per heavy atom. The van der Waals surface area contributed by atoms with E-state index in [1.165, 1.54) is 4.90 Å². The maximum absolute atomic E-state index is 12.9. The highest BCUT2D eigenvalue weighted by Crippen LogP contribution is 2.39. The second-order valence-corrected chi connectivity index (χ2v) is 5.47. The van der Waals surface area contributed by atoms with Crippen molar-refractivity contribution in [1.82, 2.24) is 4.90 Å². The molecular formula is C14H11F6NO3S. The Kier molecular flexibility index (Phi) is 5.17. The van der Waals surface area contributed by atoms with Crippen molar-refractivity contribution in [2.24, 2.45) is 0 Å². The van der Waals surface area contributed by atoms with E-state index >= 15 is 0 Å². The van der Waals surface area contributed by atoms with E-state index in [1.807, 2.05) is 0 Å². The lowest BCUT2D eigenvalue weighted by molar-refractivity contribution is -0.276. The Labute approximate surface area is 143 Å². The molecule has 0 radical (unpaired) electrons. The quantitative estimate of drug-likeness (QED) is 0.451. The van der Waals surface area contributed by atoms with Gasteiger partial charge in [-0.1, -0.05) is 18.3 Å². The van der Waals surface area contributed by atoms with E-state index in [0.717, 1.165) is 13.2 Å². The molecule has 0 aliphatic carbocycles. The number of rotatable bonds is 3. The van der Waals surface area contributed by atoms with Crippen molar-refractivity contribution in [3.8, 4) is 5.75 Å². The number of methoxy groups -OCH3 is 1. The zero-order valence-electron chi connectivity index (χ0n) is 12.6. The lowest BCUT2D eigenvalue weighted by Gasteiger charge is -2.40. The summed E-state index contributed by atoms with van der Waals surface area (Å²) in [6.45, 7) is 0.328. The molecule has 0 bridgehead atoms. The maximum Gasteiger partial charge on any atom is 0.573 e. The summed E-state index contributed by atoms with van der Waals surface area (Å²) in [4.78, 5) is 12.8. The van der Waals surface area contributed by atoms with Crippen molar-refractivity contribution >= 4 is 23.2 Å². The summed E-state index contributed by atoms with van der Waals surface area (Å²) in [7, 11) is 1.16. The molecule has 0 amide bonds. The fourth-order valence-electron chi connectivity index (χ4n) is 2.28. The first kappa shape index (κ1) is 19.3. The van der Waals surface area contributed by atoms with E-state index < -0.39 is 35.9 Å². The highest BCUT2D eigenvalue weighted by atomic mass is 32.1. The Balaban J connectivity index is 2.35.